The largest absolute Gasteiger partial charge is 0.432 e. The molecule has 0 aliphatic carbocycles. The van der Waals surface area contributed by atoms with Gasteiger partial charge in [0.1, 0.15) is 0 Å². The van der Waals surface area contributed by atoms with E-state index < -0.39 is 8.32 Å². The molecule has 0 aromatic heterocycles. The molecule has 18 heavy (non-hydrogen) atoms. The second-order valence-corrected chi connectivity index (χ2v) is 8.48. The standard InChI is InChI=1S/C12H28OSi.3H2O.Ti/c1-4-7-10-14(13,11-8-5-2)12-9-6-3;;;;/h13H,4-12H2,1-3H3;3*1H2;. The van der Waals surface area contributed by atoms with Crippen LogP contribution >= 0.6 is 0 Å². The van der Waals surface area contributed by atoms with Crippen LogP contribution in [0.5, 0.6) is 0 Å². The molecule has 0 aromatic rings. The molecule has 0 heterocycles. The Morgan fingerprint density at radius 3 is 1.06 bits per heavy atom. The third kappa shape index (κ3) is 16.8. The molecular formula is C12H34O4SiTi. The van der Waals surface area contributed by atoms with Crippen LogP contribution in [0.25, 0.3) is 0 Å². The van der Waals surface area contributed by atoms with E-state index in [4.69, 9.17) is 0 Å². The summed E-state index contributed by atoms with van der Waals surface area (Å²) in [5, 5.41) is 0. The number of unbranched alkanes of at least 4 members (excludes halogenated alkanes) is 3. The Kier molecular flexibility index (Phi) is 34.9. The van der Waals surface area contributed by atoms with E-state index in [2.05, 4.69) is 20.8 Å². The zero-order valence-corrected chi connectivity index (χ0v) is 14.9. The number of hydrogen-bond donors (Lipinski definition) is 1. The van der Waals surface area contributed by atoms with Gasteiger partial charge >= 0.3 is 0 Å². The molecule has 7 N–H and O–H groups in total. The smallest absolute Gasteiger partial charge is 0.188 e. The average Bonchev–Trinajstić information content (AvgIpc) is 2.21. The Labute approximate surface area is 129 Å². The Balaban J connectivity index is -0.000000141. The normalized spacial score (nSPS) is 9.33. The second-order valence-electron chi connectivity index (χ2n) is 4.54. The zero-order valence-electron chi connectivity index (χ0n) is 12.3. The molecular weight excluding hydrogens is 284 g/mol. The third-order valence-corrected chi connectivity index (χ3v) is 6.84. The molecule has 0 aliphatic rings. The van der Waals surface area contributed by atoms with Gasteiger partial charge in [0.15, 0.2) is 8.32 Å². The van der Waals surface area contributed by atoms with E-state index in [0.29, 0.717) is 0 Å². The summed E-state index contributed by atoms with van der Waals surface area (Å²) in [6.45, 7) is 6.65. The minimum atomic E-state index is -1.81. The van der Waals surface area contributed by atoms with Crippen molar-refractivity contribution in [2.45, 2.75) is 77.4 Å². The van der Waals surface area contributed by atoms with Gasteiger partial charge in [0.2, 0.25) is 0 Å². The molecule has 0 spiro atoms. The molecule has 0 aliphatic heterocycles. The summed E-state index contributed by atoms with van der Waals surface area (Å²) in [5.74, 6) is 0. The van der Waals surface area contributed by atoms with Crippen LogP contribution in [-0.4, -0.2) is 29.5 Å². The van der Waals surface area contributed by atoms with Gasteiger partial charge in [-0.2, -0.15) is 0 Å². The molecule has 0 unspecified atom stereocenters. The Morgan fingerprint density at radius 2 is 0.889 bits per heavy atom. The summed E-state index contributed by atoms with van der Waals surface area (Å²) < 4.78 is 0. The van der Waals surface area contributed by atoms with Gasteiger partial charge in [-0.1, -0.05) is 59.3 Å². The number of rotatable bonds is 9. The van der Waals surface area contributed by atoms with Crippen molar-refractivity contribution in [3.8, 4) is 0 Å². The van der Waals surface area contributed by atoms with Crippen molar-refractivity contribution in [2.75, 3.05) is 0 Å². The SMILES string of the molecule is CCCC[Si](O)(CCCC)CCCC.O.O.O.[Ti]. The van der Waals surface area contributed by atoms with Crippen LogP contribution in [0, 0.1) is 0 Å². The topological polar surface area (TPSA) is 115 Å². The molecule has 0 amide bonds. The first-order chi connectivity index (χ1) is 6.68. The Bertz CT molecular complexity index is 117. The van der Waals surface area contributed by atoms with E-state index in [1.807, 2.05) is 0 Å². The fourth-order valence-electron chi connectivity index (χ4n) is 1.89. The van der Waals surface area contributed by atoms with Crippen molar-refractivity contribution in [2.24, 2.45) is 0 Å². The van der Waals surface area contributed by atoms with E-state index in [-0.39, 0.29) is 38.1 Å². The molecule has 0 rings (SSSR count). The van der Waals surface area contributed by atoms with E-state index >= 15 is 0 Å². The van der Waals surface area contributed by atoms with Crippen LogP contribution in [-0.2, 0) is 21.7 Å². The van der Waals surface area contributed by atoms with Gasteiger partial charge in [-0.25, -0.2) is 0 Å². The summed E-state index contributed by atoms with van der Waals surface area (Å²) in [7, 11) is -1.81. The maximum absolute atomic E-state index is 10.5. The molecule has 4 nitrogen and oxygen atoms in total. The summed E-state index contributed by atoms with van der Waals surface area (Å²) in [5.41, 5.74) is 0. The summed E-state index contributed by atoms with van der Waals surface area (Å²) in [6, 6.07) is 3.43. The number of hydrogen-bond acceptors (Lipinski definition) is 1. The third-order valence-electron chi connectivity index (χ3n) is 2.99. The van der Waals surface area contributed by atoms with Crippen molar-refractivity contribution < 1.29 is 42.9 Å². The minimum absolute atomic E-state index is 0. The fraction of sp³-hybridized carbons (Fsp3) is 1.00. The van der Waals surface area contributed by atoms with E-state index in [1.165, 1.54) is 38.5 Å². The van der Waals surface area contributed by atoms with Crippen molar-refractivity contribution >= 4 is 8.32 Å². The molecule has 0 atom stereocenters. The van der Waals surface area contributed by atoms with Gasteiger partial charge in [-0.05, 0) is 18.1 Å². The maximum Gasteiger partial charge on any atom is 0.188 e. The molecule has 0 radical (unpaired) electrons. The van der Waals surface area contributed by atoms with Crippen LogP contribution in [0.15, 0.2) is 0 Å². The first kappa shape index (κ1) is 31.3. The quantitative estimate of drug-likeness (QED) is 0.642. The molecule has 0 fully saturated rings. The second kappa shape index (κ2) is 20.1. The van der Waals surface area contributed by atoms with Gasteiger partial charge in [0, 0.05) is 21.7 Å². The molecule has 0 aromatic carbocycles. The predicted octanol–water partition coefficient (Wildman–Crippen LogP) is 1.85. The van der Waals surface area contributed by atoms with Crippen molar-refractivity contribution in [3.63, 3.8) is 0 Å². The summed E-state index contributed by atoms with van der Waals surface area (Å²) in [6.07, 6.45) is 7.39. The molecule has 0 saturated carbocycles. The van der Waals surface area contributed by atoms with Gasteiger partial charge in [-0.15, -0.1) is 0 Å². The first-order valence-corrected chi connectivity index (χ1v) is 8.97. The van der Waals surface area contributed by atoms with Crippen molar-refractivity contribution in [3.05, 3.63) is 0 Å². The van der Waals surface area contributed by atoms with E-state index in [9.17, 15) is 4.80 Å². The molecule has 0 bridgehead atoms. The molecule has 0 saturated heterocycles. The van der Waals surface area contributed by atoms with E-state index in [0.717, 1.165) is 18.1 Å². The van der Waals surface area contributed by atoms with Gasteiger partial charge in [0.05, 0.1) is 0 Å². The molecule has 114 valence electrons. The predicted molar refractivity (Wildman–Crippen MR) is 78.0 cm³/mol. The van der Waals surface area contributed by atoms with Crippen LogP contribution < -0.4 is 0 Å². The van der Waals surface area contributed by atoms with Crippen LogP contribution in [0.2, 0.25) is 18.1 Å². The Morgan fingerprint density at radius 1 is 0.667 bits per heavy atom. The van der Waals surface area contributed by atoms with Gasteiger partial charge in [0.25, 0.3) is 0 Å². The van der Waals surface area contributed by atoms with Crippen LogP contribution in [0.4, 0.5) is 0 Å². The fourth-order valence-corrected chi connectivity index (χ4v) is 5.68. The summed E-state index contributed by atoms with van der Waals surface area (Å²) in [4.78, 5) is 10.5. The zero-order chi connectivity index (χ0) is 10.9. The van der Waals surface area contributed by atoms with Gasteiger partial charge < -0.3 is 21.2 Å². The van der Waals surface area contributed by atoms with E-state index in [1.54, 1.807) is 0 Å². The maximum atomic E-state index is 10.5. The van der Waals surface area contributed by atoms with Crippen LogP contribution in [0.1, 0.15) is 59.3 Å². The van der Waals surface area contributed by atoms with Crippen molar-refractivity contribution in [1.29, 1.82) is 0 Å². The minimum Gasteiger partial charge on any atom is -0.432 e. The van der Waals surface area contributed by atoms with Crippen LogP contribution in [0.3, 0.4) is 0 Å². The van der Waals surface area contributed by atoms with Gasteiger partial charge in [-0.3, -0.25) is 0 Å². The average molecular weight is 318 g/mol. The first-order valence-electron chi connectivity index (χ1n) is 6.41. The molecule has 6 heteroatoms. The Hall–Kier alpha value is 0.771. The summed E-state index contributed by atoms with van der Waals surface area (Å²) >= 11 is 0. The monoisotopic (exact) mass is 318 g/mol. The van der Waals surface area contributed by atoms with Crippen molar-refractivity contribution in [1.82, 2.24) is 0 Å².